The van der Waals surface area contributed by atoms with Crippen LogP contribution in [0, 0.1) is 0 Å². The Kier molecular flexibility index (Phi) is 2.48. The van der Waals surface area contributed by atoms with Crippen LogP contribution in [0.5, 0.6) is 0 Å². The van der Waals surface area contributed by atoms with Crippen molar-refractivity contribution in [3.8, 4) is 0 Å². The average Bonchev–Trinajstić information content (AvgIpc) is 2.57. The van der Waals surface area contributed by atoms with Gasteiger partial charge in [0.15, 0.2) is 5.03 Å². The Morgan fingerprint density at radius 2 is 2.00 bits per heavy atom. The Morgan fingerprint density at radius 3 is 2.53 bits per heavy atom. The van der Waals surface area contributed by atoms with Crippen molar-refractivity contribution < 1.29 is 8.42 Å². The summed E-state index contributed by atoms with van der Waals surface area (Å²) in [7, 11) is -3.83. The molecule has 0 aliphatic rings. The van der Waals surface area contributed by atoms with E-state index < -0.39 is 10.0 Å². The molecule has 7 heteroatoms. The second kappa shape index (κ2) is 3.51. The number of primary sulfonamides is 1. The lowest BCUT2D eigenvalue weighted by atomic mass is 9.92. The van der Waals surface area contributed by atoms with Crippen LogP contribution in [-0.4, -0.2) is 23.0 Å². The molecule has 2 N–H and O–H groups in total. The number of nitrogens with two attached hydrogens (primary N) is 1. The molecule has 0 aliphatic carbocycles. The maximum Gasteiger partial charge on any atom is 0.257 e. The third kappa shape index (κ3) is 2.16. The van der Waals surface area contributed by atoms with E-state index in [1.165, 1.54) is 10.7 Å². The van der Waals surface area contributed by atoms with Gasteiger partial charge < -0.3 is 0 Å². The third-order valence-corrected chi connectivity index (χ3v) is 3.25. The maximum absolute atomic E-state index is 11.4. The summed E-state index contributed by atoms with van der Waals surface area (Å²) in [5.41, 5.74) is 1.03. The number of rotatable bonds is 1. The van der Waals surface area contributed by atoms with Crippen LogP contribution in [0.15, 0.2) is 23.5 Å². The topological polar surface area (TPSA) is 90.4 Å². The minimum atomic E-state index is -3.83. The van der Waals surface area contributed by atoms with Crippen LogP contribution < -0.4 is 5.14 Å². The molecule has 92 valence electrons. The number of hydrogen-bond acceptors (Lipinski definition) is 4. The van der Waals surface area contributed by atoms with Crippen molar-refractivity contribution in [1.82, 2.24) is 14.6 Å². The maximum atomic E-state index is 11.4. The third-order valence-electron chi connectivity index (χ3n) is 2.39. The van der Waals surface area contributed by atoms with E-state index in [4.69, 9.17) is 5.14 Å². The quantitative estimate of drug-likeness (QED) is 0.810. The van der Waals surface area contributed by atoms with Gasteiger partial charge in [-0.2, -0.15) is 5.10 Å². The van der Waals surface area contributed by atoms with Gasteiger partial charge in [0.2, 0.25) is 0 Å². The summed E-state index contributed by atoms with van der Waals surface area (Å²) in [5.74, 6) is 0. The molecule has 2 aromatic heterocycles. The highest BCUT2D eigenvalue weighted by Gasteiger charge is 2.21. The minimum absolute atomic E-state index is 0.150. The zero-order valence-electron chi connectivity index (χ0n) is 9.88. The van der Waals surface area contributed by atoms with Crippen LogP contribution in [-0.2, 0) is 15.4 Å². The fourth-order valence-electron chi connectivity index (χ4n) is 1.48. The SMILES string of the molecule is CC(C)(C)c1cc2c(S(N)(=O)=O)nccn2n1. The van der Waals surface area contributed by atoms with Crippen LogP contribution in [0.2, 0.25) is 0 Å². The molecule has 2 rings (SSSR count). The summed E-state index contributed by atoms with van der Waals surface area (Å²) in [6, 6.07) is 1.70. The van der Waals surface area contributed by atoms with Gasteiger partial charge in [-0.05, 0) is 6.07 Å². The molecule has 0 fully saturated rings. The summed E-state index contributed by atoms with van der Waals surface area (Å²) in [5, 5.41) is 9.27. The molecule has 0 radical (unpaired) electrons. The summed E-state index contributed by atoms with van der Waals surface area (Å²) in [4.78, 5) is 3.80. The van der Waals surface area contributed by atoms with Crippen molar-refractivity contribution in [3.05, 3.63) is 24.2 Å². The van der Waals surface area contributed by atoms with Gasteiger partial charge in [-0.15, -0.1) is 0 Å². The average molecular weight is 254 g/mol. The first-order valence-corrected chi connectivity index (χ1v) is 6.62. The van der Waals surface area contributed by atoms with Crippen molar-refractivity contribution in [2.45, 2.75) is 31.2 Å². The molecule has 17 heavy (non-hydrogen) atoms. The Hall–Kier alpha value is -1.47. The van der Waals surface area contributed by atoms with E-state index in [2.05, 4.69) is 10.1 Å². The van der Waals surface area contributed by atoms with Gasteiger partial charge in [0.25, 0.3) is 10.0 Å². The Labute approximate surface area is 99.5 Å². The van der Waals surface area contributed by atoms with Crippen LogP contribution in [0.4, 0.5) is 0 Å². The number of aromatic nitrogens is 3. The Bertz CT molecular complexity index is 667. The van der Waals surface area contributed by atoms with Gasteiger partial charge >= 0.3 is 0 Å². The molecule has 0 spiro atoms. The minimum Gasteiger partial charge on any atom is -0.240 e. The van der Waals surface area contributed by atoms with Crippen LogP contribution in [0.3, 0.4) is 0 Å². The monoisotopic (exact) mass is 254 g/mol. The van der Waals surface area contributed by atoms with Gasteiger partial charge in [-0.3, -0.25) is 0 Å². The molecule has 0 saturated carbocycles. The lowest BCUT2D eigenvalue weighted by Crippen LogP contribution is -2.15. The van der Waals surface area contributed by atoms with Crippen molar-refractivity contribution in [1.29, 1.82) is 0 Å². The van der Waals surface area contributed by atoms with E-state index in [1.807, 2.05) is 20.8 Å². The van der Waals surface area contributed by atoms with Gasteiger partial charge in [0, 0.05) is 17.8 Å². The van der Waals surface area contributed by atoms with Gasteiger partial charge in [-0.1, -0.05) is 20.8 Å². The second-order valence-electron chi connectivity index (χ2n) is 4.89. The molecular weight excluding hydrogens is 240 g/mol. The van der Waals surface area contributed by atoms with Crippen LogP contribution in [0.1, 0.15) is 26.5 Å². The summed E-state index contributed by atoms with van der Waals surface area (Å²) in [6.45, 7) is 6.00. The van der Waals surface area contributed by atoms with Gasteiger partial charge in [-0.25, -0.2) is 23.1 Å². The molecular formula is C10H14N4O2S. The van der Waals surface area contributed by atoms with E-state index in [-0.39, 0.29) is 10.4 Å². The molecule has 0 saturated heterocycles. The van der Waals surface area contributed by atoms with Crippen molar-refractivity contribution >= 4 is 15.5 Å². The highest BCUT2D eigenvalue weighted by atomic mass is 32.2. The van der Waals surface area contributed by atoms with Gasteiger partial charge in [0.05, 0.1) is 5.69 Å². The first-order chi connectivity index (χ1) is 7.69. The van der Waals surface area contributed by atoms with Crippen molar-refractivity contribution in [2.75, 3.05) is 0 Å². The smallest absolute Gasteiger partial charge is 0.240 e. The number of nitrogens with zero attached hydrogens (tertiary/aromatic N) is 3. The second-order valence-corrected chi connectivity index (χ2v) is 6.36. The molecule has 6 nitrogen and oxygen atoms in total. The largest absolute Gasteiger partial charge is 0.257 e. The Balaban J connectivity index is 2.79. The number of fused-ring (bicyclic) bond motifs is 1. The first-order valence-electron chi connectivity index (χ1n) is 5.07. The number of hydrogen-bond donors (Lipinski definition) is 1. The number of sulfonamides is 1. The Morgan fingerprint density at radius 1 is 1.35 bits per heavy atom. The molecule has 0 aromatic carbocycles. The van der Waals surface area contributed by atoms with Crippen molar-refractivity contribution in [2.24, 2.45) is 5.14 Å². The van der Waals surface area contributed by atoms with Gasteiger partial charge in [0.1, 0.15) is 5.52 Å². The van der Waals surface area contributed by atoms with Crippen molar-refractivity contribution in [3.63, 3.8) is 0 Å². The molecule has 0 amide bonds. The summed E-state index contributed by atoms with van der Waals surface area (Å²) in [6.07, 6.45) is 2.96. The van der Waals surface area contributed by atoms with E-state index >= 15 is 0 Å². The first kappa shape index (κ1) is 12.0. The fraction of sp³-hybridized carbons (Fsp3) is 0.400. The molecule has 0 atom stereocenters. The van der Waals surface area contributed by atoms with E-state index in [0.29, 0.717) is 5.52 Å². The zero-order chi connectivity index (χ0) is 12.8. The van der Waals surface area contributed by atoms with E-state index in [1.54, 1.807) is 12.3 Å². The normalized spacial score (nSPS) is 13.2. The highest BCUT2D eigenvalue weighted by molar-refractivity contribution is 7.89. The lowest BCUT2D eigenvalue weighted by Gasteiger charge is -2.13. The summed E-state index contributed by atoms with van der Waals surface area (Å²) >= 11 is 0. The van der Waals surface area contributed by atoms with Crippen LogP contribution in [0.25, 0.3) is 5.52 Å². The molecule has 0 aliphatic heterocycles. The predicted molar refractivity (Wildman–Crippen MR) is 63.1 cm³/mol. The molecule has 0 unspecified atom stereocenters. The van der Waals surface area contributed by atoms with E-state index in [0.717, 1.165) is 5.69 Å². The molecule has 0 bridgehead atoms. The lowest BCUT2D eigenvalue weighted by molar-refractivity contribution is 0.562. The fourth-order valence-corrected chi connectivity index (χ4v) is 2.14. The molecule has 2 aromatic rings. The van der Waals surface area contributed by atoms with E-state index in [9.17, 15) is 8.42 Å². The summed E-state index contributed by atoms with van der Waals surface area (Å²) < 4.78 is 24.2. The highest BCUT2D eigenvalue weighted by Crippen LogP contribution is 2.23. The molecule has 2 heterocycles. The van der Waals surface area contributed by atoms with Crippen LogP contribution >= 0.6 is 0 Å². The standard InChI is InChI=1S/C10H14N4O2S/c1-10(2,3)8-6-7-9(17(11,15)16)12-4-5-14(7)13-8/h4-6H,1-3H3,(H2,11,15,16). The zero-order valence-corrected chi connectivity index (χ0v) is 10.7. The predicted octanol–water partition coefficient (Wildman–Crippen LogP) is 0.674.